The minimum atomic E-state index is -0.575. The number of fused-ring (bicyclic) bond motifs is 1. The van der Waals surface area contributed by atoms with Crippen molar-refractivity contribution in [3.8, 4) is 0 Å². The standard InChI is InChI=1S/C19H25N3O4/c1-4-5-11(2)15-10-12(3)16(19(25)26-15)18(24)22-8-6-13-14(7-9-22)20-21-17(13)23/h10-11H,4-9H2,1-3H3,(H2,20,21,23). The Morgan fingerprint density at radius 2 is 2.00 bits per heavy atom. The van der Waals surface area contributed by atoms with Gasteiger partial charge in [0.2, 0.25) is 0 Å². The molecule has 1 amide bonds. The Morgan fingerprint density at radius 1 is 1.27 bits per heavy atom. The number of amides is 1. The molecule has 0 aromatic carbocycles. The second-order valence-corrected chi connectivity index (χ2v) is 7.01. The number of aromatic amines is 2. The normalized spacial score (nSPS) is 15.4. The molecule has 2 aromatic rings. The van der Waals surface area contributed by atoms with Gasteiger partial charge in [-0.2, -0.15) is 0 Å². The average molecular weight is 359 g/mol. The molecule has 0 saturated heterocycles. The summed E-state index contributed by atoms with van der Waals surface area (Å²) in [4.78, 5) is 38.8. The summed E-state index contributed by atoms with van der Waals surface area (Å²) in [5.41, 5.74) is 1.54. The molecule has 2 aromatic heterocycles. The molecular formula is C19H25N3O4. The van der Waals surface area contributed by atoms with E-state index in [0.717, 1.165) is 18.5 Å². The lowest BCUT2D eigenvalue weighted by molar-refractivity contribution is 0.0756. The fraction of sp³-hybridized carbons (Fsp3) is 0.526. The molecule has 1 aliphatic rings. The number of carbonyl (C=O) groups excluding carboxylic acids is 1. The van der Waals surface area contributed by atoms with Crippen molar-refractivity contribution in [1.29, 1.82) is 0 Å². The average Bonchev–Trinajstić information content (AvgIpc) is 2.81. The molecule has 0 bridgehead atoms. The predicted molar refractivity (Wildman–Crippen MR) is 97.8 cm³/mol. The van der Waals surface area contributed by atoms with Crippen LogP contribution < -0.4 is 11.2 Å². The van der Waals surface area contributed by atoms with Crippen LogP contribution in [0.1, 0.15) is 65.5 Å². The Kier molecular flexibility index (Phi) is 5.15. The number of aromatic nitrogens is 2. The van der Waals surface area contributed by atoms with Crippen molar-refractivity contribution < 1.29 is 9.21 Å². The van der Waals surface area contributed by atoms with E-state index in [9.17, 15) is 14.4 Å². The number of nitrogens with zero attached hydrogens (tertiary/aromatic N) is 1. The summed E-state index contributed by atoms with van der Waals surface area (Å²) in [5, 5.41) is 5.44. The van der Waals surface area contributed by atoms with Crippen LogP contribution in [0.4, 0.5) is 0 Å². The monoisotopic (exact) mass is 359 g/mol. The second-order valence-electron chi connectivity index (χ2n) is 7.01. The molecule has 0 saturated carbocycles. The van der Waals surface area contributed by atoms with E-state index in [1.807, 2.05) is 6.92 Å². The summed E-state index contributed by atoms with van der Waals surface area (Å²) >= 11 is 0. The number of hydrogen-bond donors (Lipinski definition) is 2. The Bertz CT molecular complexity index is 922. The van der Waals surface area contributed by atoms with Gasteiger partial charge in [-0.1, -0.05) is 20.3 Å². The van der Waals surface area contributed by atoms with Gasteiger partial charge >= 0.3 is 5.63 Å². The van der Waals surface area contributed by atoms with E-state index in [-0.39, 0.29) is 22.9 Å². The van der Waals surface area contributed by atoms with Crippen LogP contribution in [0.3, 0.4) is 0 Å². The molecule has 3 heterocycles. The highest BCUT2D eigenvalue weighted by atomic mass is 16.4. The molecule has 1 atom stereocenters. The van der Waals surface area contributed by atoms with Gasteiger partial charge in [-0.25, -0.2) is 4.79 Å². The quantitative estimate of drug-likeness (QED) is 0.873. The van der Waals surface area contributed by atoms with Crippen molar-refractivity contribution in [3.05, 3.63) is 55.0 Å². The Morgan fingerprint density at radius 3 is 2.69 bits per heavy atom. The van der Waals surface area contributed by atoms with Gasteiger partial charge in [-0.05, 0) is 31.4 Å². The molecule has 26 heavy (non-hydrogen) atoms. The first-order valence-corrected chi connectivity index (χ1v) is 9.14. The van der Waals surface area contributed by atoms with E-state index in [0.29, 0.717) is 42.8 Å². The fourth-order valence-electron chi connectivity index (χ4n) is 3.57. The van der Waals surface area contributed by atoms with E-state index in [1.54, 1.807) is 17.9 Å². The van der Waals surface area contributed by atoms with Crippen LogP contribution in [0.15, 0.2) is 20.1 Å². The van der Waals surface area contributed by atoms with Gasteiger partial charge in [0.25, 0.3) is 11.5 Å². The maximum absolute atomic E-state index is 12.9. The first-order valence-electron chi connectivity index (χ1n) is 9.14. The zero-order valence-corrected chi connectivity index (χ0v) is 15.5. The number of carbonyl (C=O) groups is 1. The molecule has 3 rings (SSSR count). The number of nitrogens with one attached hydrogen (secondary N) is 2. The summed E-state index contributed by atoms with van der Waals surface area (Å²) in [7, 11) is 0. The lowest BCUT2D eigenvalue weighted by Crippen LogP contribution is -2.37. The van der Waals surface area contributed by atoms with E-state index in [4.69, 9.17) is 4.42 Å². The number of H-pyrrole nitrogens is 2. The third-order valence-corrected chi connectivity index (χ3v) is 5.10. The number of rotatable bonds is 4. The largest absolute Gasteiger partial charge is 0.427 e. The summed E-state index contributed by atoms with van der Waals surface area (Å²) < 4.78 is 5.45. The first kappa shape index (κ1) is 18.2. The van der Waals surface area contributed by atoms with Gasteiger partial charge in [0, 0.05) is 36.7 Å². The van der Waals surface area contributed by atoms with Gasteiger partial charge in [0.1, 0.15) is 11.3 Å². The number of hydrogen-bond acceptors (Lipinski definition) is 4. The molecule has 1 aliphatic heterocycles. The molecule has 0 fully saturated rings. The predicted octanol–water partition coefficient (Wildman–Crippen LogP) is 2.11. The lowest BCUT2D eigenvalue weighted by Gasteiger charge is -2.21. The molecule has 140 valence electrons. The summed E-state index contributed by atoms with van der Waals surface area (Å²) in [5.74, 6) is 0.446. The first-order chi connectivity index (χ1) is 12.4. The topological polar surface area (TPSA) is 99.2 Å². The van der Waals surface area contributed by atoms with Gasteiger partial charge in [0.05, 0.1) is 0 Å². The molecule has 7 nitrogen and oxygen atoms in total. The van der Waals surface area contributed by atoms with Crippen LogP contribution in [-0.2, 0) is 12.8 Å². The van der Waals surface area contributed by atoms with Gasteiger partial charge in [-0.15, -0.1) is 0 Å². The highest BCUT2D eigenvalue weighted by molar-refractivity contribution is 5.95. The van der Waals surface area contributed by atoms with E-state index in [2.05, 4.69) is 17.1 Å². The molecular weight excluding hydrogens is 334 g/mol. The van der Waals surface area contributed by atoms with Crippen molar-refractivity contribution in [2.24, 2.45) is 0 Å². The van der Waals surface area contributed by atoms with Crippen molar-refractivity contribution in [2.75, 3.05) is 13.1 Å². The molecule has 1 unspecified atom stereocenters. The van der Waals surface area contributed by atoms with Crippen LogP contribution in [0.25, 0.3) is 0 Å². The maximum Gasteiger partial charge on any atom is 0.349 e. The molecule has 7 heteroatoms. The van der Waals surface area contributed by atoms with E-state index < -0.39 is 5.63 Å². The van der Waals surface area contributed by atoms with Crippen molar-refractivity contribution >= 4 is 5.91 Å². The van der Waals surface area contributed by atoms with Gasteiger partial charge in [-0.3, -0.25) is 14.7 Å². The fourth-order valence-corrected chi connectivity index (χ4v) is 3.57. The minimum absolute atomic E-state index is 0.0944. The van der Waals surface area contributed by atoms with Crippen LogP contribution >= 0.6 is 0 Å². The Hall–Kier alpha value is -2.57. The zero-order valence-electron chi connectivity index (χ0n) is 15.5. The highest BCUT2D eigenvalue weighted by Crippen LogP contribution is 2.22. The smallest absolute Gasteiger partial charge is 0.349 e. The number of aryl methyl sites for hydroxylation is 1. The minimum Gasteiger partial charge on any atom is -0.427 e. The lowest BCUT2D eigenvalue weighted by atomic mass is 10.0. The van der Waals surface area contributed by atoms with Gasteiger partial charge < -0.3 is 14.4 Å². The molecule has 0 aliphatic carbocycles. The van der Waals surface area contributed by atoms with E-state index >= 15 is 0 Å². The SMILES string of the molecule is CCCC(C)c1cc(C)c(C(=O)N2CCc3[nH][nH]c(=O)c3CC2)c(=O)o1. The maximum atomic E-state index is 12.9. The summed E-state index contributed by atoms with van der Waals surface area (Å²) in [6.45, 7) is 6.73. The van der Waals surface area contributed by atoms with Crippen molar-refractivity contribution in [2.45, 2.75) is 52.4 Å². The third kappa shape index (κ3) is 3.38. The van der Waals surface area contributed by atoms with Crippen molar-refractivity contribution in [1.82, 2.24) is 15.1 Å². The molecule has 0 radical (unpaired) electrons. The Balaban J connectivity index is 1.84. The van der Waals surface area contributed by atoms with Gasteiger partial charge in [0.15, 0.2) is 0 Å². The van der Waals surface area contributed by atoms with Crippen LogP contribution in [0.2, 0.25) is 0 Å². The zero-order chi connectivity index (χ0) is 18.8. The van der Waals surface area contributed by atoms with Crippen LogP contribution in [0.5, 0.6) is 0 Å². The third-order valence-electron chi connectivity index (χ3n) is 5.10. The summed E-state index contributed by atoms with van der Waals surface area (Å²) in [6, 6.07) is 1.81. The highest BCUT2D eigenvalue weighted by Gasteiger charge is 2.26. The van der Waals surface area contributed by atoms with Crippen molar-refractivity contribution in [3.63, 3.8) is 0 Å². The molecule has 0 spiro atoms. The van der Waals surface area contributed by atoms with Crippen LogP contribution in [-0.4, -0.2) is 34.1 Å². The summed E-state index contributed by atoms with van der Waals surface area (Å²) in [6.07, 6.45) is 2.94. The van der Waals surface area contributed by atoms with E-state index in [1.165, 1.54) is 0 Å². The second kappa shape index (κ2) is 7.35. The molecule has 2 N–H and O–H groups in total. The Labute approximate surface area is 151 Å². The van der Waals surface area contributed by atoms with Crippen LogP contribution in [0, 0.1) is 6.92 Å².